The first-order chi connectivity index (χ1) is 8.56. The number of benzene rings is 1. The molecule has 102 valence electrons. The molecule has 0 amide bonds. The molecular formula is C15H24FNS. The van der Waals surface area contributed by atoms with Gasteiger partial charge < -0.3 is 0 Å². The van der Waals surface area contributed by atoms with Gasteiger partial charge in [-0.3, -0.25) is 4.90 Å². The highest BCUT2D eigenvalue weighted by Crippen LogP contribution is 2.22. The average molecular weight is 269 g/mol. The monoisotopic (exact) mass is 269 g/mol. The molecule has 0 bridgehead atoms. The van der Waals surface area contributed by atoms with Gasteiger partial charge in [0.2, 0.25) is 0 Å². The summed E-state index contributed by atoms with van der Waals surface area (Å²) >= 11 is 4.25. The van der Waals surface area contributed by atoms with Gasteiger partial charge in [-0.2, -0.15) is 12.6 Å². The van der Waals surface area contributed by atoms with Crippen LogP contribution in [0.25, 0.3) is 0 Å². The summed E-state index contributed by atoms with van der Waals surface area (Å²) in [5, 5.41) is 0. The molecule has 0 aliphatic heterocycles. The Kier molecular flexibility index (Phi) is 6.72. The first-order valence-electron chi connectivity index (χ1n) is 6.61. The van der Waals surface area contributed by atoms with Crippen molar-refractivity contribution >= 4 is 12.6 Å². The number of thiol groups is 1. The van der Waals surface area contributed by atoms with Crippen LogP contribution in [0.15, 0.2) is 24.3 Å². The van der Waals surface area contributed by atoms with Crippen molar-refractivity contribution in [1.82, 2.24) is 4.90 Å². The zero-order valence-electron chi connectivity index (χ0n) is 11.6. The molecule has 0 aromatic heterocycles. The van der Waals surface area contributed by atoms with E-state index in [-0.39, 0.29) is 11.9 Å². The molecule has 1 rings (SSSR count). The highest BCUT2D eigenvalue weighted by molar-refractivity contribution is 7.80. The molecule has 0 heterocycles. The Morgan fingerprint density at radius 3 is 2.50 bits per heavy atom. The Morgan fingerprint density at radius 1 is 1.22 bits per heavy atom. The maximum atomic E-state index is 13.7. The van der Waals surface area contributed by atoms with Gasteiger partial charge >= 0.3 is 0 Å². The third-order valence-electron chi connectivity index (χ3n) is 3.61. The normalized spacial score (nSPS) is 14.8. The van der Waals surface area contributed by atoms with Crippen LogP contribution >= 0.6 is 12.6 Å². The first-order valence-corrected chi connectivity index (χ1v) is 7.25. The van der Waals surface area contributed by atoms with Gasteiger partial charge in [-0.15, -0.1) is 0 Å². The van der Waals surface area contributed by atoms with Crippen molar-refractivity contribution in [2.45, 2.75) is 32.7 Å². The van der Waals surface area contributed by atoms with E-state index in [1.165, 1.54) is 6.07 Å². The van der Waals surface area contributed by atoms with Crippen LogP contribution in [-0.2, 0) is 0 Å². The van der Waals surface area contributed by atoms with Gasteiger partial charge in [0.05, 0.1) is 0 Å². The molecule has 0 aliphatic carbocycles. The summed E-state index contributed by atoms with van der Waals surface area (Å²) in [5.74, 6) is 1.51. The van der Waals surface area contributed by atoms with Gasteiger partial charge in [-0.1, -0.05) is 25.1 Å². The van der Waals surface area contributed by atoms with Gasteiger partial charge in [-0.25, -0.2) is 4.39 Å². The van der Waals surface area contributed by atoms with E-state index in [1.54, 1.807) is 6.07 Å². The Bertz CT molecular complexity index is 356. The molecule has 1 aromatic carbocycles. The van der Waals surface area contributed by atoms with E-state index in [1.807, 2.05) is 12.1 Å². The molecular weight excluding hydrogens is 245 g/mol. The largest absolute Gasteiger partial charge is 0.300 e. The Hall–Kier alpha value is -0.540. The zero-order chi connectivity index (χ0) is 13.5. The lowest BCUT2D eigenvalue weighted by Crippen LogP contribution is -2.25. The molecule has 0 saturated heterocycles. The zero-order valence-corrected chi connectivity index (χ0v) is 12.5. The van der Waals surface area contributed by atoms with Gasteiger partial charge in [0, 0.05) is 11.6 Å². The fourth-order valence-corrected chi connectivity index (χ4v) is 2.47. The van der Waals surface area contributed by atoms with Gasteiger partial charge in [-0.05, 0) is 51.1 Å². The fraction of sp³-hybridized carbons (Fsp3) is 0.600. The summed E-state index contributed by atoms with van der Waals surface area (Å²) < 4.78 is 13.7. The Morgan fingerprint density at radius 2 is 1.89 bits per heavy atom. The minimum Gasteiger partial charge on any atom is -0.300 e. The second kappa shape index (κ2) is 7.80. The van der Waals surface area contributed by atoms with E-state index in [2.05, 4.69) is 38.4 Å². The quantitative estimate of drug-likeness (QED) is 0.727. The summed E-state index contributed by atoms with van der Waals surface area (Å²) in [7, 11) is 2.06. The van der Waals surface area contributed by atoms with Crippen molar-refractivity contribution in [1.29, 1.82) is 0 Å². The van der Waals surface area contributed by atoms with Crippen molar-refractivity contribution in [3.05, 3.63) is 35.6 Å². The highest BCUT2D eigenvalue weighted by atomic mass is 32.1. The van der Waals surface area contributed by atoms with Crippen LogP contribution in [0.1, 0.15) is 38.3 Å². The second-order valence-corrected chi connectivity index (χ2v) is 5.53. The summed E-state index contributed by atoms with van der Waals surface area (Å²) in [5.41, 5.74) is 0.779. The Labute approximate surface area is 116 Å². The topological polar surface area (TPSA) is 3.24 Å². The molecule has 1 aromatic rings. The molecule has 0 radical (unpaired) electrons. The minimum atomic E-state index is -0.111. The Balaban J connectivity index is 2.51. The standard InChI is InChI=1S/C15H24FNS/c1-12(9-11-18)8-10-17(3)13(2)14-6-4-5-7-15(14)16/h4-7,12-13,18H,8-11H2,1-3H3. The number of nitrogens with zero attached hydrogens (tertiary/aromatic N) is 1. The number of rotatable bonds is 7. The molecule has 0 spiro atoms. The van der Waals surface area contributed by atoms with Crippen LogP contribution < -0.4 is 0 Å². The molecule has 1 nitrogen and oxygen atoms in total. The maximum Gasteiger partial charge on any atom is 0.127 e. The van der Waals surface area contributed by atoms with E-state index in [0.29, 0.717) is 5.92 Å². The van der Waals surface area contributed by atoms with Gasteiger partial charge in [0.25, 0.3) is 0 Å². The summed E-state index contributed by atoms with van der Waals surface area (Å²) in [6.45, 7) is 5.30. The van der Waals surface area contributed by atoms with Crippen molar-refractivity contribution in [3.8, 4) is 0 Å². The first kappa shape index (κ1) is 15.5. The molecule has 0 aliphatic rings. The molecule has 0 saturated carbocycles. The molecule has 2 atom stereocenters. The number of hydrogen-bond donors (Lipinski definition) is 1. The number of hydrogen-bond acceptors (Lipinski definition) is 2. The van der Waals surface area contributed by atoms with Crippen molar-refractivity contribution in [3.63, 3.8) is 0 Å². The minimum absolute atomic E-state index is 0.111. The maximum absolute atomic E-state index is 13.7. The fourth-order valence-electron chi connectivity index (χ4n) is 2.03. The van der Waals surface area contributed by atoms with Crippen LogP contribution in [0, 0.1) is 11.7 Å². The third kappa shape index (κ3) is 4.62. The molecule has 0 fully saturated rings. The van der Waals surface area contributed by atoms with E-state index in [0.717, 1.165) is 30.7 Å². The van der Waals surface area contributed by atoms with Crippen LogP contribution in [0.5, 0.6) is 0 Å². The molecule has 2 unspecified atom stereocenters. The van der Waals surface area contributed by atoms with Crippen LogP contribution in [0.4, 0.5) is 4.39 Å². The van der Waals surface area contributed by atoms with Crippen molar-refractivity contribution in [2.24, 2.45) is 5.92 Å². The van der Waals surface area contributed by atoms with E-state index < -0.39 is 0 Å². The predicted molar refractivity (Wildman–Crippen MR) is 79.7 cm³/mol. The van der Waals surface area contributed by atoms with Crippen molar-refractivity contribution in [2.75, 3.05) is 19.3 Å². The van der Waals surface area contributed by atoms with Crippen molar-refractivity contribution < 1.29 is 4.39 Å². The van der Waals surface area contributed by atoms with E-state index >= 15 is 0 Å². The molecule has 18 heavy (non-hydrogen) atoms. The summed E-state index contributed by atoms with van der Waals surface area (Å²) in [6, 6.07) is 7.15. The van der Waals surface area contributed by atoms with E-state index in [9.17, 15) is 4.39 Å². The molecule has 3 heteroatoms. The SMILES string of the molecule is CC(CCS)CCN(C)C(C)c1ccccc1F. The predicted octanol–water partition coefficient (Wildman–Crippen LogP) is 4.16. The van der Waals surface area contributed by atoms with Gasteiger partial charge in [0.15, 0.2) is 0 Å². The lowest BCUT2D eigenvalue weighted by Gasteiger charge is -2.26. The third-order valence-corrected chi connectivity index (χ3v) is 3.87. The second-order valence-electron chi connectivity index (χ2n) is 5.08. The summed E-state index contributed by atoms with van der Waals surface area (Å²) in [4.78, 5) is 2.22. The average Bonchev–Trinajstić information content (AvgIpc) is 2.36. The van der Waals surface area contributed by atoms with Gasteiger partial charge in [0.1, 0.15) is 5.82 Å². The summed E-state index contributed by atoms with van der Waals surface area (Å²) in [6.07, 6.45) is 2.28. The van der Waals surface area contributed by atoms with Crippen LogP contribution in [-0.4, -0.2) is 24.2 Å². The van der Waals surface area contributed by atoms with E-state index in [4.69, 9.17) is 0 Å². The lowest BCUT2D eigenvalue weighted by molar-refractivity contribution is 0.238. The van der Waals surface area contributed by atoms with Crippen LogP contribution in [0.2, 0.25) is 0 Å². The highest BCUT2D eigenvalue weighted by Gasteiger charge is 2.15. The molecule has 0 N–H and O–H groups in total. The number of halogens is 1. The van der Waals surface area contributed by atoms with Crippen LogP contribution in [0.3, 0.4) is 0 Å². The lowest BCUT2D eigenvalue weighted by atomic mass is 10.0. The smallest absolute Gasteiger partial charge is 0.127 e.